The van der Waals surface area contributed by atoms with E-state index in [4.69, 9.17) is 13.6 Å². The molecule has 0 saturated carbocycles. The lowest BCUT2D eigenvalue weighted by molar-refractivity contribution is 0.0795. The normalized spacial score (nSPS) is 11.3. The zero-order chi connectivity index (χ0) is 13.5. The van der Waals surface area contributed by atoms with E-state index in [2.05, 4.69) is 19.2 Å². The summed E-state index contributed by atoms with van der Waals surface area (Å²) in [4.78, 5) is 0. The van der Waals surface area contributed by atoms with Crippen molar-refractivity contribution in [3.8, 4) is 0 Å². The number of ether oxygens (including phenoxy) is 1. The van der Waals surface area contributed by atoms with Crippen LogP contribution in [0, 0.1) is 5.92 Å². The highest BCUT2D eigenvalue weighted by Crippen LogP contribution is 2.11. The average Bonchev–Trinajstić information content (AvgIpc) is 3.00. The summed E-state index contributed by atoms with van der Waals surface area (Å²) < 4.78 is 16.4. The van der Waals surface area contributed by atoms with Crippen molar-refractivity contribution < 1.29 is 13.6 Å². The van der Waals surface area contributed by atoms with Gasteiger partial charge in [0.15, 0.2) is 0 Å². The van der Waals surface area contributed by atoms with Gasteiger partial charge in [-0.3, -0.25) is 0 Å². The van der Waals surface area contributed by atoms with Crippen LogP contribution < -0.4 is 5.32 Å². The van der Waals surface area contributed by atoms with E-state index in [1.807, 2.05) is 24.3 Å². The van der Waals surface area contributed by atoms with Gasteiger partial charge in [-0.1, -0.05) is 13.8 Å². The topological polar surface area (TPSA) is 47.5 Å². The monoisotopic (exact) mass is 263 g/mol. The van der Waals surface area contributed by atoms with Gasteiger partial charge in [0.1, 0.15) is 30.5 Å². The number of hydrogen-bond donors (Lipinski definition) is 1. The molecule has 0 aliphatic rings. The van der Waals surface area contributed by atoms with Crippen LogP contribution in [0.1, 0.15) is 31.1 Å². The standard InChI is InChI=1S/C15H21NO3/c1-12(2)8-16-9-13-5-6-15(19-13)11-17-10-14-4-3-7-18-14/h3-7,12,16H,8-11H2,1-2H3. The van der Waals surface area contributed by atoms with Gasteiger partial charge in [0, 0.05) is 0 Å². The molecule has 0 bridgehead atoms. The van der Waals surface area contributed by atoms with Crippen LogP contribution >= 0.6 is 0 Å². The molecule has 19 heavy (non-hydrogen) atoms. The largest absolute Gasteiger partial charge is 0.467 e. The van der Waals surface area contributed by atoms with E-state index in [-0.39, 0.29) is 0 Å². The van der Waals surface area contributed by atoms with E-state index in [0.29, 0.717) is 19.1 Å². The van der Waals surface area contributed by atoms with E-state index in [0.717, 1.165) is 30.4 Å². The van der Waals surface area contributed by atoms with Crippen LogP contribution in [-0.4, -0.2) is 6.54 Å². The van der Waals surface area contributed by atoms with E-state index < -0.39 is 0 Å². The summed E-state index contributed by atoms with van der Waals surface area (Å²) >= 11 is 0. The minimum Gasteiger partial charge on any atom is -0.467 e. The van der Waals surface area contributed by atoms with Gasteiger partial charge in [-0.15, -0.1) is 0 Å². The summed E-state index contributed by atoms with van der Waals surface area (Å²) in [5.41, 5.74) is 0. The summed E-state index contributed by atoms with van der Waals surface area (Å²) in [6.45, 7) is 7.05. The lowest BCUT2D eigenvalue weighted by atomic mass is 10.2. The van der Waals surface area contributed by atoms with E-state index >= 15 is 0 Å². The molecule has 0 amide bonds. The average molecular weight is 263 g/mol. The molecule has 104 valence electrons. The van der Waals surface area contributed by atoms with Crippen LogP contribution in [-0.2, 0) is 24.5 Å². The summed E-state index contributed by atoms with van der Waals surface area (Å²) in [5.74, 6) is 3.25. The molecule has 2 rings (SSSR count). The van der Waals surface area contributed by atoms with Gasteiger partial charge in [-0.2, -0.15) is 0 Å². The lowest BCUT2D eigenvalue weighted by Gasteiger charge is -2.05. The molecular weight excluding hydrogens is 242 g/mol. The highest BCUT2D eigenvalue weighted by molar-refractivity contribution is 5.06. The molecule has 0 saturated heterocycles. The van der Waals surface area contributed by atoms with Gasteiger partial charge in [-0.05, 0) is 36.7 Å². The second kappa shape index (κ2) is 7.16. The third kappa shape index (κ3) is 4.93. The molecule has 0 aliphatic heterocycles. The third-order valence-electron chi connectivity index (χ3n) is 2.64. The smallest absolute Gasteiger partial charge is 0.129 e. The first-order valence-electron chi connectivity index (χ1n) is 6.62. The van der Waals surface area contributed by atoms with E-state index in [1.54, 1.807) is 6.26 Å². The molecule has 0 aromatic carbocycles. The predicted molar refractivity (Wildman–Crippen MR) is 72.5 cm³/mol. The SMILES string of the molecule is CC(C)CNCc1ccc(COCc2ccco2)o1. The highest BCUT2D eigenvalue weighted by atomic mass is 16.5. The molecule has 0 atom stereocenters. The van der Waals surface area contributed by atoms with Crippen molar-refractivity contribution >= 4 is 0 Å². The fourth-order valence-corrected chi connectivity index (χ4v) is 1.73. The molecular formula is C15H21NO3. The summed E-state index contributed by atoms with van der Waals surface area (Å²) in [6, 6.07) is 7.68. The van der Waals surface area contributed by atoms with Crippen LogP contribution in [0.3, 0.4) is 0 Å². The maximum atomic E-state index is 5.67. The summed E-state index contributed by atoms with van der Waals surface area (Å²) in [6.07, 6.45) is 1.64. The zero-order valence-corrected chi connectivity index (χ0v) is 11.5. The maximum absolute atomic E-state index is 5.67. The minimum absolute atomic E-state index is 0.463. The fraction of sp³-hybridized carbons (Fsp3) is 0.467. The Morgan fingerprint density at radius 3 is 2.63 bits per heavy atom. The number of nitrogens with one attached hydrogen (secondary N) is 1. The van der Waals surface area contributed by atoms with Crippen LogP contribution in [0.2, 0.25) is 0 Å². The van der Waals surface area contributed by atoms with Gasteiger partial charge in [0.25, 0.3) is 0 Å². The van der Waals surface area contributed by atoms with Crippen LogP contribution in [0.25, 0.3) is 0 Å². The van der Waals surface area contributed by atoms with Crippen molar-refractivity contribution in [3.05, 3.63) is 47.8 Å². The zero-order valence-electron chi connectivity index (χ0n) is 11.5. The van der Waals surface area contributed by atoms with Crippen LogP contribution in [0.15, 0.2) is 39.4 Å². The van der Waals surface area contributed by atoms with Crippen LogP contribution in [0.4, 0.5) is 0 Å². The maximum Gasteiger partial charge on any atom is 0.129 e. The Morgan fingerprint density at radius 1 is 1.11 bits per heavy atom. The molecule has 2 heterocycles. The molecule has 0 spiro atoms. The number of rotatable bonds is 8. The van der Waals surface area contributed by atoms with Crippen molar-refractivity contribution in [2.45, 2.75) is 33.6 Å². The molecule has 0 aliphatic carbocycles. The molecule has 4 heteroatoms. The second-order valence-corrected chi connectivity index (χ2v) is 4.96. The van der Waals surface area contributed by atoms with Gasteiger partial charge in [-0.25, -0.2) is 0 Å². The molecule has 0 radical (unpaired) electrons. The van der Waals surface area contributed by atoms with Gasteiger partial charge in [0.05, 0.1) is 12.8 Å². The molecule has 2 aromatic heterocycles. The molecule has 4 nitrogen and oxygen atoms in total. The molecule has 0 fully saturated rings. The van der Waals surface area contributed by atoms with Crippen molar-refractivity contribution in [2.75, 3.05) is 6.54 Å². The van der Waals surface area contributed by atoms with Crippen molar-refractivity contribution in [2.24, 2.45) is 5.92 Å². The van der Waals surface area contributed by atoms with Crippen LogP contribution in [0.5, 0.6) is 0 Å². The first-order valence-corrected chi connectivity index (χ1v) is 6.62. The second-order valence-electron chi connectivity index (χ2n) is 4.96. The van der Waals surface area contributed by atoms with Gasteiger partial charge >= 0.3 is 0 Å². The Bertz CT molecular complexity index is 459. The minimum atomic E-state index is 0.463. The molecule has 2 aromatic rings. The Hall–Kier alpha value is -1.52. The van der Waals surface area contributed by atoms with Crippen molar-refractivity contribution in [1.82, 2.24) is 5.32 Å². The summed E-state index contributed by atoms with van der Waals surface area (Å²) in [5, 5.41) is 3.34. The Kier molecular flexibility index (Phi) is 5.24. The third-order valence-corrected chi connectivity index (χ3v) is 2.64. The predicted octanol–water partition coefficient (Wildman–Crippen LogP) is 3.34. The van der Waals surface area contributed by atoms with Gasteiger partial charge < -0.3 is 18.9 Å². The van der Waals surface area contributed by atoms with E-state index in [1.165, 1.54) is 0 Å². The quantitative estimate of drug-likeness (QED) is 0.793. The van der Waals surface area contributed by atoms with E-state index in [9.17, 15) is 0 Å². The van der Waals surface area contributed by atoms with Crippen molar-refractivity contribution in [3.63, 3.8) is 0 Å². The molecule has 1 N–H and O–H groups in total. The first kappa shape index (κ1) is 13.9. The first-order chi connectivity index (χ1) is 9.24. The Balaban J connectivity index is 1.68. The fourth-order valence-electron chi connectivity index (χ4n) is 1.73. The van der Waals surface area contributed by atoms with Gasteiger partial charge in [0.2, 0.25) is 0 Å². The number of hydrogen-bond acceptors (Lipinski definition) is 4. The summed E-state index contributed by atoms with van der Waals surface area (Å²) in [7, 11) is 0. The number of furan rings is 2. The highest BCUT2D eigenvalue weighted by Gasteiger charge is 2.03. The van der Waals surface area contributed by atoms with Crippen molar-refractivity contribution in [1.29, 1.82) is 0 Å². The Labute approximate surface area is 113 Å². The Morgan fingerprint density at radius 2 is 1.89 bits per heavy atom. The lowest BCUT2D eigenvalue weighted by Crippen LogP contribution is -2.18. The molecule has 0 unspecified atom stereocenters.